The van der Waals surface area contributed by atoms with E-state index in [1.165, 1.54) is 5.56 Å². The summed E-state index contributed by atoms with van der Waals surface area (Å²) in [7, 11) is 0. The molecule has 2 N–H and O–H groups in total. The minimum atomic E-state index is 0.120. The highest BCUT2D eigenvalue weighted by Gasteiger charge is 2.45. The topological polar surface area (TPSA) is 44.0 Å². The molecule has 1 spiro atoms. The smallest absolute Gasteiger partial charge is 0.128 e. The van der Waals surface area contributed by atoms with Gasteiger partial charge in [0.2, 0.25) is 0 Å². The van der Waals surface area contributed by atoms with Crippen molar-refractivity contribution in [1.82, 2.24) is 15.5 Å². The van der Waals surface area contributed by atoms with Crippen LogP contribution in [-0.4, -0.2) is 29.8 Å². The number of halogens is 2. The van der Waals surface area contributed by atoms with Gasteiger partial charge in [-0.15, -0.1) is 0 Å². The summed E-state index contributed by atoms with van der Waals surface area (Å²) >= 11 is 12.4. The van der Waals surface area contributed by atoms with Crippen molar-refractivity contribution < 1.29 is 0 Å². The lowest BCUT2D eigenvalue weighted by Crippen LogP contribution is -2.33. The molecule has 0 unspecified atom stereocenters. The summed E-state index contributed by atoms with van der Waals surface area (Å²) in [6, 6.07) is 5.98. The summed E-state index contributed by atoms with van der Waals surface area (Å²) in [6.45, 7) is 2.94. The average Bonchev–Trinajstić information content (AvgIpc) is 3.14. The summed E-state index contributed by atoms with van der Waals surface area (Å²) < 4.78 is 0. The van der Waals surface area contributed by atoms with E-state index in [0.717, 1.165) is 37.6 Å². The maximum absolute atomic E-state index is 6.24. The van der Waals surface area contributed by atoms with Crippen LogP contribution in [-0.2, 0) is 5.41 Å². The van der Waals surface area contributed by atoms with Gasteiger partial charge in [0.25, 0.3) is 0 Å². The van der Waals surface area contributed by atoms with E-state index in [2.05, 4.69) is 20.4 Å². The molecule has 1 aromatic carbocycles. The first-order chi connectivity index (χ1) is 9.70. The predicted octanol–water partition coefficient (Wildman–Crippen LogP) is 3.10. The fraction of sp³-hybridized carbons (Fsp3) is 0.357. The molecular formula is C14H14Cl2N4. The molecule has 20 heavy (non-hydrogen) atoms. The van der Waals surface area contributed by atoms with Gasteiger partial charge in [-0.25, -0.2) is 0 Å². The van der Waals surface area contributed by atoms with Crippen molar-refractivity contribution in [3.05, 3.63) is 40.0 Å². The molecule has 6 heteroatoms. The average molecular weight is 309 g/mol. The van der Waals surface area contributed by atoms with Crippen LogP contribution in [0.2, 0.25) is 10.0 Å². The zero-order valence-electron chi connectivity index (χ0n) is 10.8. The van der Waals surface area contributed by atoms with Crippen molar-refractivity contribution in [2.24, 2.45) is 0 Å². The number of hydrogen-bond acceptors (Lipinski definition) is 3. The van der Waals surface area contributed by atoms with Crippen LogP contribution in [0, 0.1) is 0 Å². The van der Waals surface area contributed by atoms with Crippen molar-refractivity contribution in [1.29, 1.82) is 0 Å². The molecule has 0 aliphatic carbocycles. The number of aromatic nitrogens is 2. The Kier molecular flexibility index (Phi) is 2.74. The van der Waals surface area contributed by atoms with Crippen molar-refractivity contribution in [3.8, 4) is 0 Å². The third-order valence-corrected chi connectivity index (χ3v) is 5.10. The number of anilines is 2. The van der Waals surface area contributed by atoms with E-state index in [0.29, 0.717) is 10.0 Å². The van der Waals surface area contributed by atoms with Gasteiger partial charge in [0.1, 0.15) is 5.82 Å². The summed E-state index contributed by atoms with van der Waals surface area (Å²) in [4.78, 5) is 2.25. The molecule has 2 aliphatic heterocycles. The molecule has 1 saturated heterocycles. The van der Waals surface area contributed by atoms with Crippen molar-refractivity contribution in [2.75, 3.05) is 24.5 Å². The normalized spacial score (nSPS) is 24.6. The molecule has 3 heterocycles. The van der Waals surface area contributed by atoms with E-state index in [1.807, 2.05) is 18.2 Å². The minimum absolute atomic E-state index is 0.120. The highest BCUT2D eigenvalue weighted by Crippen LogP contribution is 2.49. The third kappa shape index (κ3) is 1.68. The van der Waals surface area contributed by atoms with Gasteiger partial charge in [-0.1, -0.05) is 23.2 Å². The number of benzene rings is 1. The fourth-order valence-corrected chi connectivity index (χ4v) is 3.70. The zero-order valence-corrected chi connectivity index (χ0v) is 12.3. The molecular weight excluding hydrogens is 295 g/mol. The second kappa shape index (κ2) is 4.38. The van der Waals surface area contributed by atoms with Crippen molar-refractivity contribution in [3.63, 3.8) is 0 Å². The molecule has 2 aliphatic rings. The van der Waals surface area contributed by atoms with Gasteiger partial charge in [-0.2, -0.15) is 5.10 Å². The molecule has 4 rings (SSSR count). The van der Waals surface area contributed by atoms with E-state index in [4.69, 9.17) is 23.2 Å². The Morgan fingerprint density at radius 3 is 2.80 bits per heavy atom. The SMILES string of the molecule is Clc1cc2c(cc1Cl)[C@@]1(CCNC1)CN2c1ccn[nH]1. The van der Waals surface area contributed by atoms with Gasteiger partial charge < -0.3 is 10.2 Å². The number of hydrogen-bond donors (Lipinski definition) is 2. The van der Waals surface area contributed by atoms with Crippen LogP contribution in [0.5, 0.6) is 0 Å². The summed E-state index contributed by atoms with van der Waals surface area (Å²) in [6.07, 6.45) is 2.88. The Balaban J connectivity index is 1.90. The Labute approximate surface area is 127 Å². The first kappa shape index (κ1) is 12.5. The third-order valence-electron chi connectivity index (χ3n) is 4.38. The minimum Gasteiger partial charge on any atom is -0.325 e. The van der Waals surface area contributed by atoms with Crippen LogP contribution >= 0.6 is 23.2 Å². The number of H-pyrrole nitrogens is 1. The summed E-state index contributed by atoms with van der Waals surface area (Å²) in [5.74, 6) is 0.994. The van der Waals surface area contributed by atoms with E-state index in [9.17, 15) is 0 Å². The lowest BCUT2D eigenvalue weighted by atomic mass is 9.82. The van der Waals surface area contributed by atoms with Crippen LogP contribution in [0.25, 0.3) is 0 Å². The summed E-state index contributed by atoms with van der Waals surface area (Å²) in [5, 5.41) is 11.8. The van der Waals surface area contributed by atoms with E-state index in [1.54, 1.807) is 6.20 Å². The highest BCUT2D eigenvalue weighted by molar-refractivity contribution is 6.42. The number of nitrogens with one attached hydrogen (secondary N) is 2. The van der Waals surface area contributed by atoms with E-state index in [-0.39, 0.29) is 5.41 Å². The summed E-state index contributed by atoms with van der Waals surface area (Å²) in [5.41, 5.74) is 2.54. The largest absolute Gasteiger partial charge is 0.325 e. The van der Waals surface area contributed by atoms with Gasteiger partial charge in [0.05, 0.1) is 16.2 Å². The van der Waals surface area contributed by atoms with Gasteiger partial charge in [0.15, 0.2) is 0 Å². The Hall–Kier alpha value is -1.23. The molecule has 2 aromatic rings. The lowest BCUT2D eigenvalue weighted by molar-refractivity contribution is 0.508. The predicted molar refractivity (Wildman–Crippen MR) is 81.2 cm³/mol. The van der Waals surface area contributed by atoms with Crippen LogP contribution in [0.4, 0.5) is 11.5 Å². The van der Waals surface area contributed by atoms with Crippen LogP contribution in [0.1, 0.15) is 12.0 Å². The van der Waals surface area contributed by atoms with Crippen LogP contribution in [0.15, 0.2) is 24.4 Å². The van der Waals surface area contributed by atoms with E-state index >= 15 is 0 Å². The standard InChI is InChI=1S/C14H14Cl2N4/c15-10-5-9-12(6-11(10)16)20(13-1-3-18-19-13)8-14(9)2-4-17-7-14/h1,3,5-6,17H,2,4,7-8H2,(H,18,19)/t14-/m1/s1. The zero-order chi connectivity index (χ0) is 13.7. The monoisotopic (exact) mass is 308 g/mol. The molecule has 1 fully saturated rings. The molecule has 4 nitrogen and oxygen atoms in total. The van der Waals surface area contributed by atoms with Crippen LogP contribution in [0.3, 0.4) is 0 Å². The fourth-order valence-electron chi connectivity index (χ4n) is 3.38. The van der Waals surface area contributed by atoms with Gasteiger partial charge in [0, 0.05) is 30.3 Å². The highest BCUT2D eigenvalue weighted by atomic mass is 35.5. The molecule has 0 radical (unpaired) electrons. The lowest BCUT2D eigenvalue weighted by Gasteiger charge is -2.24. The Bertz CT molecular complexity index is 647. The molecule has 1 aromatic heterocycles. The second-order valence-electron chi connectivity index (χ2n) is 5.52. The molecule has 0 amide bonds. The van der Waals surface area contributed by atoms with Crippen molar-refractivity contribution >= 4 is 34.7 Å². The van der Waals surface area contributed by atoms with Crippen molar-refractivity contribution in [2.45, 2.75) is 11.8 Å². The number of aromatic amines is 1. The maximum Gasteiger partial charge on any atom is 0.128 e. The number of nitrogens with zero attached hydrogens (tertiary/aromatic N) is 2. The second-order valence-corrected chi connectivity index (χ2v) is 6.33. The molecule has 104 valence electrons. The van der Waals surface area contributed by atoms with Crippen LogP contribution < -0.4 is 10.2 Å². The Morgan fingerprint density at radius 1 is 1.25 bits per heavy atom. The van der Waals surface area contributed by atoms with Gasteiger partial charge >= 0.3 is 0 Å². The van der Waals surface area contributed by atoms with Gasteiger partial charge in [-0.3, -0.25) is 5.10 Å². The Morgan fingerprint density at radius 2 is 2.10 bits per heavy atom. The first-order valence-electron chi connectivity index (χ1n) is 6.67. The van der Waals surface area contributed by atoms with E-state index < -0.39 is 0 Å². The molecule has 0 bridgehead atoms. The maximum atomic E-state index is 6.24. The first-order valence-corrected chi connectivity index (χ1v) is 7.42. The number of rotatable bonds is 1. The molecule has 0 saturated carbocycles. The van der Waals surface area contributed by atoms with Gasteiger partial charge in [-0.05, 0) is 30.7 Å². The molecule has 1 atom stereocenters. The quantitative estimate of drug-likeness (QED) is 0.851. The number of fused-ring (bicyclic) bond motifs is 2.